The average molecular weight is 260 g/mol. The fourth-order valence-corrected chi connectivity index (χ4v) is 2.99. The third-order valence-corrected chi connectivity index (χ3v) is 4.16. The summed E-state index contributed by atoms with van der Waals surface area (Å²) in [6.45, 7) is 1.50. The van der Waals surface area contributed by atoms with Gasteiger partial charge in [0.2, 0.25) is 0 Å². The Balaban J connectivity index is 1.83. The molecule has 3 rings (SSSR count). The maximum absolute atomic E-state index is 5.46. The average Bonchev–Trinajstić information content (AvgIpc) is 3.06. The van der Waals surface area contributed by atoms with Crippen molar-refractivity contribution in [2.45, 2.75) is 25.7 Å². The number of nitrogens with one attached hydrogen (secondary N) is 1. The summed E-state index contributed by atoms with van der Waals surface area (Å²) >= 11 is 1.71. The van der Waals surface area contributed by atoms with Crippen LogP contribution in [0.25, 0.3) is 0 Å². The van der Waals surface area contributed by atoms with E-state index in [-0.39, 0.29) is 0 Å². The number of nitrogens with zero attached hydrogens (tertiary/aromatic N) is 1. The van der Waals surface area contributed by atoms with Crippen LogP contribution in [0.2, 0.25) is 0 Å². The number of likely N-dealkylation sites (N-methyl/N-ethyl adjacent to an activating group) is 1. The molecule has 0 saturated heterocycles. The summed E-state index contributed by atoms with van der Waals surface area (Å²) < 4.78 is 5.46. The molecule has 0 amide bonds. The smallest absolute Gasteiger partial charge is 0.0943 e. The SMILES string of the molecule is CNC(Cc1nccs1)c1ccc2c(c1)COC2. The van der Waals surface area contributed by atoms with Gasteiger partial charge in [-0.1, -0.05) is 18.2 Å². The largest absolute Gasteiger partial charge is 0.372 e. The molecule has 1 aliphatic heterocycles. The van der Waals surface area contributed by atoms with E-state index in [4.69, 9.17) is 4.74 Å². The molecule has 18 heavy (non-hydrogen) atoms. The summed E-state index contributed by atoms with van der Waals surface area (Å²) in [5.41, 5.74) is 3.96. The molecule has 1 N–H and O–H groups in total. The van der Waals surface area contributed by atoms with Crippen LogP contribution in [0.1, 0.15) is 27.7 Å². The standard InChI is InChI=1S/C14H16N2OS/c1-15-13(7-14-16-4-5-18-14)10-2-3-11-8-17-9-12(11)6-10/h2-6,13,15H,7-9H2,1H3. The molecule has 1 aliphatic rings. The van der Waals surface area contributed by atoms with Gasteiger partial charge < -0.3 is 10.1 Å². The van der Waals surface area contributed by atoms with Crippen LogP contribution >= 0.6 is 11.3 Å². The molecule has 0 bridgehead atoms. The minimum absolute atomic E-state index is 0.321. The van der Waals surface area contributed by atoms with E-state index < -0.39 is 0 Å². The van der Waals surface area contributed by atoms with Crippen LogP contribution in [0.15, 0.2) is 29.8 Å². The summed E-state index contributed by atoms with van der Waals surface area (Å²) in [6, 6.07) is 6.96. The Morgan fingerprint density at radius 2 is 2.28 bits per heavy atom. The molecule has 1 unspecified atom stereocenters. The summed E-state index contributed by atoms with van der Waals surface area (Å²) in [7, 11) is 2.00. The van der Waals surface area contributed by atoms with Gasteiger partial charge in [-0.15, -0.1) is 11.3 Å². The number of fused-ring (bicyclic) bond motifs is 1. The van der Waals surface area contributed by atoms with Crippen molar-refractivity contribution in [1.29, 1.82) is 0 Å². The van der Waals surface area contributed by atoms with Crippen molar-refractivity contribution in [3.63, 3.8) is 0 Å². The second-order valence-electron chi connectivity index (χ2n) is 4.49. The van der Waals surface area contributed by atoms with Crippen molar-refractivity contribution in [3.05, 3.63) is 51.5 Å². The molecule has 0 saturated carbocycles. The monoisotopic (exact) mass is 260 g/mol. The first-order valence-electron chi connectivity index (χ1n) is 6.12. The van der Waals surface area contributed by atoms with Crippen molar-refractivity contribution in [3.8, 4) is 0 Å². The van der Waals surface area contributed by atoms with E-state index in [1.165, 1.54) is 21.7 Å². The predicted octanol–water partition coefficient (Wildman–Crippen LogP) is 2.68. The fraction of sp³-hybridized carbons (Fsp3) is 0.357. The number of ether oxygens (including phenoxy) is 1. The van der Waals surface area contributed by atoms with Gasteiger partial charge in [-0.2, -0.15) is 0 Å². The van der Waals surface area contributed by atoms with Gasteiger partial charge in [0.1, 0.15) is 0 Å². The molecule has 1 aromatic carbocycles. The van der Waals surface area contributed by atoms with Crippen LogP contribution in [0.4, 0.5) is 0 Å². The van der Waals surface area contributed by atoms with Gasteiger partial charge >= 0.3 is 0 Å². The van der Waals surface area contributed by atoms with Gasteiger partial charge in [0.25, 0.3) is 0 Å². The van der Waals surface area contributed by atoms with Crippen LogP contribution in [-0.4, -0.2) is 12.0 Å². The minimum Gasteiger partial charge on any atom is -0.372 e. The quantitative estimate of drug-likeness (QED) is 0.917. The van der Waals surface area contributed by atoms with Gasteiger partial charge in [0.15, 0.2) is 0 Å². The first-order chi connectivity index (χ1) is 8.86. The lowest BCUT2D eigenvalue weighted by atomic mass is 9.99. The van der Waals surface area contributed by atoms with Gasteiger partial charge in [0.05, 0.1) is 18.2 Å². The Morgan fingerprint density at radius 1 is 1.39 bits per heavy atom. The third kappa shape index (κ3) is 2.32. The normalized spacial score (nSPS) is 15.6. The molecular formula is C14H16N2OS. The van der Waals surface area contributed by atoms with Gasteiger partial charge in [0, 0.05) is 24.0 Å². The van der Waals surface area contributed by atoms with E-state index in [1.807, 2.05) is 18.6 Å². The molecule has 1 atom stereocenters. The summed E-state index contributed by atoms with van der Waals surface area (Å²) in [5.74, 6) is 0. The highest BCUT2D eigenvalue weighted by atomic mass is 32.1. The molecule has 94 valence electrons. The van der Waals surface area contributed by atoms with Crippen molar-refractivity contribution in [2.24, 2.45) is 0 Å². The highest BCUT2D eigenvalue weighted by molar-refractivity contribution is 7.09. The van der Waals surface area contributed by atoms with E-state index in [2.05, 4.69) is 28.5 Å². The van der Waals surface area contributed by atoms with Crippen LogP contribution in [0.3, 0.4) is 0 Å². The maximum atomic E-state index is 5.46. The second kappa shape index (κ2) is 5.18. The van der Waals surface area contributed by atoms with Gasteiger partial charge in [-0.05, 0) is 23.7 Å². The lowest BCUT2D eigenvalue weighted by Crippen LogP contribution is -2.19. The van der Waals surface area contributed by atoms with E-state index >= 15 is 0 Å². The molecule has 2 aromatic rings. The van der Waals surface area contributed by atoms with E-state index in [0.717, 1.165) is 19.6 Å². The number of hydrogen-bond acceptors (Lipinski definition) is 4. The zero-order valence-corrected chi connectivity index (χ0v) is 11.2. The molecule has 3 nitrogen and oxygen atoms in total. The predicted molar refractivity (Wildman–Crippen MR) is 72.6 cm³/mol. The number of thiazole rings is 1. The molecule has 0 fully saturated rings. The molecule has 2 heterocycles. The number of rotatable bonds is 4. The number of aromatic nitrogens is 1. The van der Waals surface area contributed by atoms with E-state index in [0.29, 0.717) is 6.04 Å². The second-order valence-corrected chi connectivity index (χ2v) is 5.47. The lowest BCUT2D eigenvalue weighted by molar-refractivity contribution is 0.134. The molecule has 0 aliphatic carbocycles. The zero-order chi connectivity index (χ0) is 12.4. The highest BCUT2D eigenvalue weighted by Gasteiger charge is 2.16. The summed E-state index contributed by atoms with van der Waals surface area (Å²) in [4.78, 5) is 4.36. The van der Waals surface area contributed by atoms with Gasteiger partial charge in [-0.3, -0.25) is 0 Å². The van der Waals surface area contributed by atoms with Gasteiger partial charge in [-0.25, -0.2) is 4.98 Å². The molecule has 0 spiro atoms. The third-order valence-electron chi connectivity index (χ3n) is 3.36. The van der Waals surface area contributed by atoms with Crippen molar-refractivity contribution in [1.82, 2.24) is 10.3 Å². The Hall–Kier alpha value is -1.23. The minimum atomic E-state index is 0.321. The topological polar surface area (TPSA) is 34.2 Å². The molecule has 4 heteroatoms. The van der Waals surface area contributed by atoms with Crippen LogP contribution in [-0.2, 0) is 24.4 Å². The van der Waals surface area contributed by atoms with Crippen LogP contribution < -0.4 is 5.32 Å². The zero-order valence-electron chi connectivity index (χ0n) is 10.3. The summed E-state index contributed by atoms with van der Waals surface area (Å²) in [5, 5.41) is 6.57. The van der Waals surface area contributed by atoms with E-state index in [1.54, 1.807) is 11.3 Å². The Kier molecular flexibility index (Phi) is 3.41. The van der Waals surface area contributed by atoms with Crippen LogP contribution in [0.5, 0.6) is 0 Å². The van der Waals surface area contributed by atoms with Crippen molar-refractivity contribution >= 4 is 11.3 Å². The Labute approximate surface area is 111 Å². The number of benzene rings is 1. The lowest BCUT2D eigenvalue weighted by Gasteiger charge is -2.16. The molecule has 1 aromatic heterocycles. The van der Waals surface area contributed by atoms with Crippen LogP contribution in [0, 0.1) is 0 Å². The molecule has 0 radical (unpaired) electrons. The fourth-order valence-electron chi connectivity index (χ4n) is 2.32. The first kappa shape index (κ1) is 11.8. The summed E-state index contributed by atoms with van der Waals surface area (Å²) in [6.07, 6.45) is 2.80. The molecular weight excluding hydrogens is 244 g/mol. The van der Waals surface area contributed by atoms with E-state index in [9.17, 15) is 0 Å². The maximum Gasteiger partial charge on any atom is 0.0943 e. The Bertz CT molecular complexity index is 525. The van der Waals surface area contributed by atoms with Crippen molar-refractivity contribution < 1.29 is 4.74 Å². The highest BCUT2D eigenvalue weighted by Crippen LogP contribution is 2.26. The number of hydrogen-bond donors (Lipinski definition) is 1. The van der Waals surface area contributed by atoms with Crippen molar-refractivity contribution in [2.75, 3.05) is 7.05 Å². The Morgan fingerprint density at radius 3 is 3.06 bits per heavy atom. The first-order valence-corrected chi connectivity index (χ1v) is 7.00.